The fourth-order valence-electron chi connectivity index (χ4n) is 0. The summed E-state index contributed by atoms with van der Waals surface area (Å²) in [6, 6.07) is 0. The van der Waals surface area contributed by atoms with E-state index in [0.717, 1.165) is 0 Å². The van der Waals surface area contributed by atoms with E-state index < -0.39 is 10.1 Å². The van der Waals surface area contributed by atoms with Gasteiger partial charge in [-0.15, -0.1) is 0 Å². The Labute approximate surface area is 56.8 Å². The molecule has 0 saturated heterocycles. The lowest BCUT2D eigenvalue weighted by Crippen LogP contribution is -1.97. The zero-order valence-electron chi connectivity index (χ0n) is 6.49. The molecule has 4 nitrogen and oxygen atoms in total. The fourth-order valence-corrected chi connectivity index (χ4v) is 0. The number of hydrogen-bond donors (Lipinski definition) is 2. The lowest BCUT2D eigenvalue weighted by atomic mass is 10.9. The van der Waals surface area contributed by atoms with Crippen LogP contribution in [0.4, 0.5) is 0 Å². The molecule has 58 valence electrons. The summed E-state index contributed by atoms with van der Waals surface area (Å²) in [7, 11) is -3.49. The smallest absolute Gasteiger partial charge is 0.264 e. The molecule has 9 heavy (non-hydrogen) atoms. The van der Waals surface area contributed by atoms with Gasteiger partial charge >= 0.3 is 0 Å². The van der Waals surface area contributed by atoms with E-state index in [9.17, 15) is 8.42 Å². The van der Waals surface area contributed by atoms with Crippen molar-refractivity contribution in [3.63, 3.8) is 0 Å². The van der Waals surface area contributed by atoms with Crippen LogP contribution in [0.1, 0.15) is 13.8 Å². The second-order valence-corrected chi connectivity index (χ2v) is 2.86. The van der Waals surface area contributed by atoms with Gasteiger partial charge in [0.1, 0.15) is 0 Å². The van der Waals surface area contributed by atoms with Gasteiger partial charge in [0.15, 0.2) is 0 Å². The molecule has 0 aromatic carbocycles. The summed E-state index contributed by atoms with van der Waals surface area (Å²) in [6.07, 6.45) is 0. The molecule has 0 aliphatic carbocycles. The molecule has 5 heteroatoms. The highest BCUT2D eigenvalue weighted by Gasteiger charge is 1.93. The molecule has 0 aromatic rings. The van der Waals surface area contributed by atoms with Crippen LogP contribution in [0.15, 0.2) is 0 Å². The molecule has 0 saturated carbocycles. The van der Waals surface area contributed by atoms with Gasteiger partial charge in [0, 0.05) is 6.61 Å². The monoisotopic (exact) mass is 157 g/mol. The molecule has 0 spiro atoms. The summed E-state index contributed by atoms with van der Waals surface area (Å²) in [6.45, 7) is 3.34. The quantitative estimate of drug-likeness (QED) is 0.548. The highest BCUT2D eigenvalue weighted by Crippen LogP contribution is 1.74. The third-order valence-electron chi connectivity index (χ3n) is 0.354. The highest BCUT2D eigenvalue weighted by molar-refractivity contribution is 7.85. The lowest BCUT2D eigenvalue weighted by molar-refractivity contribution is 0.318. The van der Waals surface area contributed by atoms with Crippen molar-refractivity contribution in [1.82, 2.24) is 0 Å². The molecule has 0 aromatic heterocycles. The lowest BCUT2D eigenvalue weighted by Gasteiger charge is -1.79. The molecular formula is C4H12O4S. The fraction of sp³-hybridized carbons (Fsp3) is 1.00. The Balaban J connectivity index is 0. The SMILES string of the molecule is CCO.[2H]OS(=O)(=O)CC. The van der Waals surface area contributed by atoms with E-state index in [4.69, 9.17) is 6.54 Å². The molecule has 0 radical (unpaired) electrons. The summed E-state index contributed by atoms with van der Waals surface area (Å²) >= 11 is 0. The molecule has 0 bridgehead atoms. The summed E-state index contributed by atoms with van der Waals surface area (Å²) in [5.74, 6) is -0.142. The Kier molecular flexibility index (Phi) is 5.91. The van der Waals surface area contributed by atoms with Crippen molar-refractivity contribution < 1.29 is 18.1 Å². The molecule has 0 amide bonds. The molecule has 0 fully saturated rings. The van der Waals surface area contributed by atoms with Gasteiger partial charge < -0.3 is 5.11 Å². The summed E-state index contributed by atoms with van der Waals surface area (Å²) in [5, 5.41) is 7.57. The minimum atomic E-state index is -3.49. The second-order valence-electron chi connectivity index (χ2n) is 1.16. The van der Waals surface area contributed by atoms with Crippen LogP contribution in [-0.4, -0.2) is 30.4 Å². The molecule has 0 rings (SSSR count). The second kappa shape index (κ2) is 6.00. The molecule has 0 unspecified atom stereocenters. The van der Waals surface area contributed by atoms with Crippen molar-refractivity contribution in [3.05, 3.63) is 0 Å². The summed E-state index contributed by atoms with van der Waals surface area (Å²) < 4.78 is 29.1. The number of aliphatic hydroxyl groups is 1. The Morgan fingerprint density at radius 2 is 1.89 bits per heavy atom. The normalized spacial score (nSPS) is 11.2. The largest absolute Gasteiger partial charge is 0.397 e. The van der Waals surface area contributed by atoms with E-state index in [1.807, 2.05) is 0 Å². The minimum Gasteiger partial charge on any atom is -0.397 e. The first-order valence-corrected chi connectivity index (χ1v) is 4.10. The number of aliphatic hydroxyl groups excluding tert-OH is 1. The number of hydrogen-bond acceptors (Lipinski definition) is 4. The van der Waals surface area contributed by atoms with Crippen LogP contribution in [0, 0.1) is 0 Å². The average Bonchev–Trinajstić information content (AvgIpc) is 1.90. The molecule has 0 aliphatic heterocycles. The van der Waals surface area contributed by atoms with Crippen LogP contribution in [0.25, 0.3) is 1.43 Å². The topological polar surface area (TPSA) is 74.6 Å². The first kappa shape index (κ1) is 8.87. The van der Waals surface area contributed by atoms with E-state index in [-0.39, 0.29) is 12.4 Å². The van der Waals surface area contributed by atoms with Crippen molar-refractivity contribution in [3.8, 4) is 0 Å². The van der Waals surface area contributed by atoms with Gasteiger partial charge in [0.25, 0.3) is 10.1 Å². The van der Waals surface area contributed by atoms with Gasteiger partial charge in [-0.1, -0.05) is 0 Å². The van der Waals surface area contributed by atoms with Gasteiger partial charge in [-0.25, -0.2) is 0 Å². The van der Waals surface area contributed by atoms with Crippen molar-refractivity contribution >= 4 is 10.1 Å². The Hall–Kier alpha value is -0.130. The zero-order valence-corrected chi connectivity index (χ0v) is 6.31. The van der Waals surface area contributed by atoms with E-state index in [1.165, 1.54) is 6.92 Å². The average molecular weight is 157 g/mol. The highest BCUT2D eigenvalue weighted by atomic mass is 32.2. The molecular weight excluding hydrogens is 144 g/mol. The van der Waals surface area contributed by atoms with Crippen molar-refractivity contribution in [2.45, 2.75) is 13.8 Å². The molecule has 0 atom stereocenters. The van der Waals surface area contributed by atoms with E-state index >= 15 is 0 Å². The van der Waals surface area contributed by atoms with E-state index in [2.05, 4.69) is 4.56 Å². The van der Waals surface area contributed by atoms with Gasteiger partial charge in [-0.3, -0.25) is 4.56 Å². The Morgan fingerprint density at radius 3 is 1.89 bits per heavy atom. The van der Waals surface area contributed by atoms with Crippen LogP contribution in [-0.2, 0) is 10.1 Å². The molecule has 0 heterocycles. The van der Waals surface area contributed by atoms with Crippen LogP contribution < -0.4 is 0 Å². The summed E-state index contributed by atoms with van der Waals surface area (Å²) in [5.41, 5.74) is 0. The maximum absolute atomic E-state index is 9.96. The zero-order chi connectivity index (χ0) is 8.62. The van der Waals surface area contributed by atoms with Gasteiger partial charge in [0.05, 0.1) is 5.75 Å². The predicted molar refractivity (Wildman–Crippen MR) is 34.8 cm³/mol. The standard InChI is InChI=1S/C2H6O3S.C2H6O/c1-2-6(3,4)5;1-2-3/h2H2,1H3,(H,3,4,5);3H,2H2,1H3/i/hD. The Morgan fingerprint density at radius 1 is 1.56 bits per heavy atom. The van der Waals surface area contributed by atoms with E-state index in [0.29, 0.717) is 0 Å². The van der Waals surface area contributed by atoms with Gasteiger partial charge in [-0.2, -0.15) is 8.42 Å². The van der Waals surface area contributed by atoms with Crippen molar-refractivity contribution in [2.24, 2.45) is 0 Å². The van der Waals surface area contributed by atoms with Crippen molar-refractivity contribution in [2.75, 3.05) is 12.4 Å². The third kappa shape index (κ3) is 32.9. The minimum absolute atomic E-state index is 0.142. The predicted octanol–water partition coefficient (Wildman–Crippen LogP) is -0.107. The van der Waals surface area contributed by atoms with Crippen LogP contribution in [0.2, 0.25) is 0 Å². The first-order valence-electron chi connectivity index (χ1n) is 2.93. The van der Waals surface area contributed by atoms with Crippen LogP contribution in [0.5, 0.6) is 0 Å². The summed E-state index contributed by atoms with van der Waals surface area (Å²) in [4.78, 5) is 0. The number of rotatable bonds is 2. The van der Waals surface area contributed by atoms with Crippen LogP contribution >= 0.6 is 0 Å². The molecule has 2 N–H and O–H groups in total. The maximum Gasteiger partial charge on any atom is 0.264 e. The van der Waals surface area contributed by atoms with E-state index in [1.54, 1.807) is 6.92 Å². The first-order chi connectivity index (χ1) is 4.54. The van der Waals surface area contributed by atoms with Gasteiger partial charge in [-0.05, 0) is 13.8 Å². The molecule has 0 aliphatic rings. The third-order valence-corrected chi connectivity index (χ3v) is 1.06. The van der Waals surface area contributed by atoms with Crippen molar-refractivity contribution in [1.29, 1.82) is 1.43 Å². The Bertz CT molecular complexity index is 131. The van der Waals surface area contributed by atoms with Crippen LogP contribution in [0.3, 0.4) is 0 Å². The van der Waals surface area contributed by atoms with Gasteiger partial charge in [0.2, 0.25) is 1.43 Å². The maximum atomic E-state index is 9.96.